The third-order valence-corrected chi connectivity index (χ3v) is 7.12. The van der Waals surface area contributed by atoms with Gasteiger partial charge >= 0.3 is 0 Å². The quantitative estimate of drug-likeness (QED) is 0.704. The second kappa shape index (κ2) is 7.63. The predicted molar refractivity (Wildman–Crippen MR) is 89.6 cm³/mol. The highest BCUT2D eigenvalue weighted by Gasteiger charge is 2.44. The van der Waals surface area contributed by atoms with Crippen LogP contribution in [-0.2, 0) is 0 Å². The number of hydrogen-bond acceptors (Lipinski definition) is 1. The number of aliphatic hydroxyl groups is 1. The van der Waals surface area contributed by atoms with Gasteiger partial charge in [0.2, 0.25) is 0 Å². The second-order valence-corrected chi connectivity index (χ2v) is 8.28. The molecule has 0 radical (unpaired) electrons. The Hall–Kier alpha value is -0.440. The van der Waals surface area contributed by atoms with Crippen LogP contribution in [0, 0.1) is 29.6 Å². The zero-order chi connectivity index (χ0) is 16.4. The minimum absolute atomic E-state index is 0.161. The van der Waals surface area contributed by atoms with Crippen molar-refractivity contribution in [2.24, 2.45) is 29.6 Å². The van der Waals surface area contributed by atoms with Gasteiger partial charge in [-0.15, -0.1) is 6.58 Å². The summed E-state index contributed by atoms with van der Waals surface area (Å²) in [6.45, 7) is 3.92. The van der Waals surface area contributed by atoms with Gasteiger partial charge in [-0.1, -0.05) is 6.08 Å². The van der Waals surface area contributed by atoms with Crippen molar-refractivity contribution in [2.45, 2.75) is 82.7 Å². The summed E-state index contributed by atoms with van der Waals surface area (Å²) in [7, 11) is 0. The Morgan fingerprint density at radius 3 is 1.78 bits per heavy atom. The molecule has 4 unspecified atom stereocenters. The Labute approximate surface area is 139 Å². The fourth-order valence-electron chi connectivity index (χ4n) is 5.52. The molecule has 0 bridgehead atoms. The normalized spacial score (nSPS) is 48.8. The first kappa shape index (κ1) is 17.4. The highest BCUT2D eigenvalue weighted by Crippen LogP contribution is 2.46. The van der Waals surface area contributed by atoms with Crippen molar-refractivity contribution in [3.8, 4) is 0 Å². The van der Waals surface area contributed by atoms with Gasteiger partial charge in [0.15, 0.2) is 6.17 Å². The smallest absolute Gasteiger partial charge is 0.157 e. The molecule has 3 heteroatoms. The van der Waals surface area contributed by atoms with Gasteiger partial charge in [-0.25, -0.2) is 8.78 Å². The monoisotopic (exact) mass is 326 g/mol. The Morgan fingerprint density at radius 1 is 0.696 bits per heavy atom. The third-order valence-electron chi connectivity index (χ3n) is 7.12. The highest BCUT2D eigenvalue weighted by molar-refractivity contribution is 4.93. The van der Waals surface area contributed by atoms with Crippen LogP contribution < -0.4 is 0 Å². The van der Waals surface area contributed by atoms with Gasteiger partial charge in [0.05, 0.1) is 6.10 Å². The average Bonchev–Trinajstić information content (AvgIpc) is 2.60. The summed E-state index contributed by atoms with van der Waals surface area (Å²) in [5, 5.41) is 9.50. The van der Waals surface area contributed by atoms with Crippen LogP contribution in [0.25, 0.3) is 0 Å². The maximum Gasteiger partial charge on any atom is 0.157 e. The lowest BCUT2D eigenvalue weighted by atomic mass is 9.65. The van der Waals surface area contributed by atoms with E-state index in [1.165, 1.54) is 38.5 Å². The van der Waals surface area contributed by atoms with Crippen LogP contribution in [-0.4, -0.2) is 23.6 Å². The molecule has 4 atom stereocenters. The lowest BCUT2D eigenvalue weighted by Gasteiger charge is -2.42. The molecule has 23 heavy (non-hydrogen) atoms. The molecule has 0 aromatic heterocycles. The van der Waals surface area contributed by atoms with Crippen LogP contribution in [0.15, 0.2) is 12.7 Å². The summed E-state index contributed by atoms with van der Waals surface area (Å²) in [6.07, 6.45) is 8.68. The minimum atomic E-state index is -1.67. The van der Waals surface area contributed by atoms with E-state index in [-0.39, 0.29) is 5.92 Å². The van der Waals surface area contributed by atoms with Crippen molar-refractivity contribution in [3.05, 3.63) is 12.7 Å². The minimum Gasteiger partial charge on any atom is -0.390 e. The van der Waals surface area contributed by atoms with Crippen LogP contribution in [0.2, 0.25) is 0 Å². The number of allylic oxidation sites excluding steroid dienone is 1. The standard InChI is InChI=1S/C20H32F2O/c1-2-13-3-5-14(6-4-13)15-7-9-16(10-8-15)17-11-12-18(23)20(22)19(17)21/h2,13-20,23H,1,3-12H2. The van der Waals surface area contributed by atoms with Gasteiger partial charge in [-0.05, 0) is 93.8 Å². The first-order valence-electron chi connectivity index (χ1n) is 9.69. The summed E-state index contributed by atoms with van der Waals surface area (Å²) in [6, 6.07) is 0. The summed E-state index contributed by atoms with van der Waals surface area (Å²) >= 11 is 0. The second-order valence-electron chi connectivity index (χ2n) is 8.28. The Balaban J connectivity index is 1.48. The molecule has 0 spiro atoms. The molecule has 0 aromatic carbocycles. The predicted octanol–water partition coefficient (Wildman–Crippen LogP) is 5.23. The van der Waals surface area contributed by atoms with E-state index >= 15 is 0 Å². The van der Waals surface area contributed by atoms with E-state index in [1.54, 1.807) is 0 Å². The zero-order valence-corrected chi connectivity index (χ0v) is 14.2. The number of halogens is 2. The van der Waals surface area contributed by atoms with E-state index in [0.717, 1.165) is 24.7 Å². The maximum atomic E-state index is 14.3. The molecule has 3 fully saturated rings. The molecule has 3 aliphatic carbocycles. The number of rotatable bonds is 3. The summed E-state index contributed by atoms with van der Waals surface area (Å²) < 4.78 is 28.0. The Morgan fingerprint density at radius 2 is 1.22 bits per heavy atom. The molecule has 3 rings (SSSR count). The highest BCUT2D eigenvalue weighted by atomic mass is 19.2. The van der Waals surface area contributed by atoms with Crippen LogP contribution in [0.5, 0.6) is 0 Å². The van der Waals surface area contributed by atoms with Crippen molar-refractivity contribution >= 4 is 0 Å². The number of aliphatic hydroxyl groups excluding tert-OH is 1. The van der Waals surface area contributed by atoms with E-state index in [0.29, 0.717) is 24.7 Å². The van der Waals surface area contributed by atoms with Crippen molar-refractivity contribution in [1.82, 2.24) is 0 Å². The fraction of sp³-hybridized carbons (Fsp3) is 0.900. The van der Waals surface area contributed by atoms with Gasteiger partial charge in [0.25, 0.3) is 0 Å². The van der Waals surface area contributed by atoms with Crippen LogP contribution in [0.1, 0.15) is 64.2 Å². The lowest BCUT2D eigenvalue weighted by Crippen LogP contribution is -2.44. The largest absolute Gasteiger partial charge is 0.390 e. The lowest BCUT2D eigenvalue weighted by molar-refractivity contribution is -0.0561. The zero-order valence-electron chi connectivity index (χ0n) is 14.2. The van der Waals surface area contributed by atoms with Crippen LogP contribution in [0.3, 0.4) is 0 Å². The number of hydrogen-bond donors (Lipinski definition) is 1. The summed E-state index contributed by atoms with van der Waals surface area (Å²) in [5.74, 6) is 2.52. The van der Waals surface area contributed by atoms with Gasteiger partial charge in [-0.3, -0.25) is 0 Å². The molecule has 3 saturated carbocycles. The molecule has 0 heterocycles. The maximum absolute atomic E-state index is 14.3. The fourth-order valence-corrected chi connectivity index (χ4v) is 5.52. The molecule has 132 valence electrons. The Kier molecular flexibility index (Phi) is 5.77. The van der Waals surface area contributed by atoms with E-state index in [4.69, 9.17) is 0 Å². The summed E-state index contributed by atoms with van der Waals surface area (Å²) in [5.41, 5.74) is 0. The Bertz CT molecular complexity index is 383. The van der Waals surface area contributed by atoms with Crippen molar-refractivity contribution in [2.75, 3.05) is 0 Å². The van der Waals surface area contributed by atoms with E-state index in [9.17, 15) is 13.9 Å². The van der Waals surface area contributed by atoms with E-state index < -0.39 is 18.4 Å². The molecule has 0 aliphatic heterocycles. The van der Waals surface area contributed by atoms with Gasteiger partial charge in [0, 0.05) is 0 Å². The van der Waals surface area contributed by atoms with Crippen molar-refractivity contribution in [1.29, 1.82) is 0 Å². The average molecular weight is 326 g/mol. The molecular formula is C20H32F2O. The molecule has 0 aromatic rings. The molecular weight excluding hydrogens is 294 g/mol. The molecule has 3 aliphatic rings. The van der Waals surface area contributed by atoms with Crippen molar-refractivity contribution in [3.63, 3.8) is 0 Å². The SMILES string of the molecule is C=CC1CCC(C2CCC(C3CCC(O)C(F)C3F)CC2)CC1. The van der Waals surface area contributed by atoms with Crippen LogP contribution >= 0.6 is 0 Å². The summed E-state index contributed by atoms with van der Waals surface area (Å²) in [4.78, 5) is 0. The van der Waals surface area contributed by atoms with E-state index in [1.807, 2.05) is 0 Å². The molecule has 1 N–H and O–H groups in total. The first-order chi connectivity index (χ1) is 11.1. The van der Waals surface area contributed by atoms with Gasteiger partial charge in [-0.2, -0.15) is 0 Å². The molecule has 1 nitrogen and oxygen atoms in total. The number of alkyl halides is 2. The van der Waals surface area contributed by atoms with Crippen LogP contribution in [0.4, 0.5) is 8.78 Å². The third kappa shape index (κ3) is 3.81. The van der Waals surface area contributed by atoms with E-state index in [2.05, 4.69) is 12.7 Å². The first-order valence-corrected chi connectivity index (χ1v) is 9.69. The molecule has 0 amide bonds. The van der Waals surface area contributed by atoms with Gasteiger partial charge in [0.1, 0.15) is 6.17 Å². The topological polar surface area (TPSA) is 20.2 Å². The van der Waals surface area contributed by atoms with Crippen molar-refractivity contribution < 1.29 is 13.9 Å². The molecule has 0 saturated heterocycles. The van der Waals surface area contributed by atoms with Gasteiger partial charge < -0.3 is 5.11 Å².